The summed E-state index contributed by atoms with van der Waals surface area (Å²) in [4.78, 5) is 13.9. The maximum Gasteiger partial charge on any atom is 0.244 e. The van der Waals surface area contributed by atoms with Crippen molar-refractivity contribution in [3.05, 3.63) is 52.5 Å². The average Bonchev–Trinajstić information content (AvgIpc) is 2.46. The van der Waals surface area contributed by atoms with E-state index in [1.165, 1.54) is 0 Å². The predicted octanol–water partition coefficient (Wildman–Crippen LogP) is 3.59. The van der Waals surface area contributed by atoms with Crippen LogP contribution < -0.4 is 10.2 Å². The van der Waals surface area contributed by atoms with E-state index < -0.39 is 6.10 Å². The minimum absolute atomic E-state index is 0.0619. The van der Waals surface area contributed by atoms with Crippen molar-refractivity contribution in [3.8, 4) is 0 Å². The van der Waals surface area contributed by atoms with E-state index in [0.717, 1.165) is 27.1 Å². The topological polar surface area (TPSA) is 52.6 Å². The Labute approximate surface area is 131 Å². The van der Waals surface area contributed by atoms with Gasteiger partial charge in [-0.1, -0.05) is 28.1 Å². The molecule has 1 unspecified atom stereocenters. The highest BCUT2D eigenvalue weighted by Gasteiger charge is 2.25. The smallest absolute Gasteiger partial charge is 0.244 e. The van der Waals surface area contributed by atoms with Crippen LogP contribution >= 0.6 is 15.9 Å². The summed E-state index contributed by atoms with van der Waals surface area (Å²) in [6.45, 7) is 1.96. The maximum absolute atomic E-state index is 11.9. The summed E-state index contributed by atoms with van der Waals surface area (Å²) >= 11 is 3.42. The zero-order chi connectivity index (χ0) is 15.0. The molecule has 1 heterocycles. The Balaban J connectivity index is 2.15. The monoisotopic (exact) mass is 346 g/mol. The second-order valence-corrected chi connectivity index (χ2v) is 5.95. The molecular formula is C16H15BrN2O2. The van der Waals surface area contributed by atoms with Crippen LogP contribution in [0.4, 0.5) is 17.1 Å². The molecule has 2 N–H and O–H groups in total. The van der Waals surface area contributed by atoms with E-state index in [-0.39, 0.29) is 12.5 Å². The van der Waals surface area contributed by atoms with Crippen molar-refractivity contribution in [1.82, 2.24) is 0 Å². The first-order chi connectivity index (χ1) is 10.1. The van der Waals surface area contributed by atoms with E-state index in [1.807, 2.05) is 47.4 Å². The lowest BCUT2D eigenvalue weighted by Gasteiger charge is -2.32. The van der Waals surface area contributed by atoms with Gasteiger partial charge in [-0.3, -0.25) is 4.79 Å². The van der Waals surface area contributed by atoms with Crippen LogP contribution in [0.1, 0.15) is 18.6 Å². The summed E-state index contributed by atoms with van der Waals surface area (Å²) in [6, 6.07) is 13.4. The molecule has 1 atom stereocenters. The van der Waals surface area contributed by atoms with Gasteiger partial charge < -0.3 is 15.3 Å². The van der Waals surface area contributed by atoms with E-state index in [4.69, 9.17) is 0 Å². The molecule has 5 heteroatoms. The van der Waals surface area contributed by atoms with E-state index >= 15 is 0 Å². The van der Waals surface area contributed by atoms with Crippen LogP contribution in [-0.2, 0) is 4.79 Å². The van der Waals surface area contributed by atoms with E-state index in [1.54, 1.807) is 6.92 Å². The molecule has 0 radical (unpaired) electrons. The van der Waals surface area contributed by atoms with Gasteiger partial charge in [0.25, 0.3) is 0 Å². The second-order valence-electron chi connectivity index (χ2n) is 5.03. The van der Waals surface area contributed by atoms with Crippen LogP contribution in [0.15, 0.2) is 46.9 Å². The summed E-state index contributed by atoms with van der Waals surface area (Å²) in [5.74, 6) is -0.0619. The normalized spacial score (nSPS) is 15.4. The fourth-order valence-electron chi connectivity index (χ4n) is 2.55. The van der Waals surface area contributed by atoms with Crippen LogP contribution in [0.5, 0.6) is 0 Å². The highest BCUT2D eigenvalue weighted by atomic mass is 79.9. The first kappa shape index (κ1) is 14.1. The number of hydrogen-bond acceptors (Lipinski definition) is 3. The number of rotatable bonds is 2. The van der Waals surface area contributed by atoms with Crippen molar-refractivity contribution < 1.29 is 9.90 Å². The number of fused-ring (bicyclic) bond motifs is 1. The van der Waals surface area contributed by atoms with Crippen molar-refractivity contribution in [2.24, 2.45) is 0 Å². The fraction of sp³-hybridized carbons (Fsp3) is 0.188. The summed E-state index contributed by atoms with van der Waals surface area (Å²) < 4.78 is 0.900. The molecule has 2 aromatic carbocycles. The predicted molar refractivity (Wildman–Crippen MR) is 86.9 cm³/mol. The molecule has 0 saturated heterocycles. The summed E-state index contributed by atoms with van der Waals surface area (Å²) in [5.41, 5.74) is 3.35. The Morgan fingerprint density at radius 1 is 1.24 bits per heavy atom. The largest absolute Gasteiger partial charge is 0.389 e. The Morgan fingerprint density at radius 2 is 2.00 bits per heavy atom. The molecule has 4 nitrogen and oxygen atoms in total. The van der Waals surface area contributed by atoms with Crippen molar-refractivity contribution in [3.63, 3.8) is 0 Å². The summed E-state index contributed by atoms with van der Waals surface area (Å²) in [7, 11) is 0. The lowest BCUT2D eigenvalue weighted by atomic mass is 10.1. The third-order valence-corrected chi connectivity index (χ3v) is 3.99. The number of anilines is 3. The number of amides is 1. The van der Waals surface area contributed by atoms with E-state index in [9.17, 15) is 9.90 Å². The maximum atomic E-state index is 11.9. The van der Waals surface area contributed by atoms with Crippen molar-refractivity contribution in [1.29, 1.82) is 0 Å². The molecule has 0 saturated carbocycles. The lowest BCUT2D eigenvalue weighted by Crippen LogP contribution is -2.35. The molecule has 0 fully saturated rings. The summed E-state index contributed by atoms with van der Waals surface area (Å²) in [6.07, 6.45) is -0.616. The van der Waals surface area contributed by atoms with Gasteiger partial charge in [-0.25, -0.2) is 0 Å². The number of nitrogens with one attached hydrogen (secondary N) is 1. The minimum atomic E-state index is -0.616. The molecule has 0 aromatic heterocycles. The Morgan fingerprint density at radius 3 is 2.76 bits per heavy atom. The highest BCUT2D eigenvalue weighted by molar-refractivity contribution is 9.10. The van der Waals surface area contributed by atoms with Crippen LogP contribution in [0.3, 0.4) is 0 Å². The van der Waals surface area contributed by atoms with Crippen molar-refractivity contribution in [2.45, 2.75) is 13.0 Å². The molecule has 1 aliphatic heterocycles. The van der Waals surface area contributed by atoms with Gasteiger partial charge in [0.1, 0.15) is 6.54 Å². The molecule has 0 spiro atoms. The van der Waals surface area contributed by atoms with Crippen molar-refractivity contribution in [2.75, 3.05) is 16.8 Å². The Hall–Kier alpha value is -1.85. The molecule has 3 rings (SSSR count). The second kappa shape index (κ2) is 5.50. The number of hydrogen-bond donors (Lipinski definition) is 2. The third-order valence-electron chi connectivity index (χ3n) is 3.50. The number of aliphatic hydroxyl groups is 1. The van der Waals surface area contributed by atoms with Crippen LogP contribution in [0, 0.1) is 0 Å². The number of nitrogens with zero attached hydrogens (tertiary/aromatic N) is 1. The Bertz CT molecular complexity index is 700. The van der Waals surface area contributed by atoms with Gasteiger partial charge in [0, 0.05) is 15.7 Å². The van der Waals surface area contributed by atoms with Gasteiger partial charge >= 0.3 is 0 Å². The van der Waals surface area contributed by atoms with Gasteiger partial charge in [0.05, 0.1) is 17.5 Å². The van der Waals surface area contributed by atoms with Crippen LogP contribution in [-0.4, -0.2) is 17.6 Å². The number of para-hydroxylation sites is 2. The molecule has 0 aliphatic carbocycles. The molecule has 1 aliphatic rings. The standard InChI is InChI=1S/C16H15BrN2O2/c1-10(20)12-8-11(17)6-7-14(12)19-9-16(21)18-13-4-2-3-5-15(13)19/h2-8,10,20H,9H2,1H3,(H,18,21). The average molecular weight is 347 g/mol. The number of carbonyl (C=O) groups is 1. The van der Waals surface area contributed by atoms with Gasteiger partial charge in [0.2, 0.25) is 5.91 Å². The fourth-order valence-corrected chi connectivity index (χ4v) is 2.93. The Kier molecular flexibility index (Phi) is 3.69. The quantitative estimate of drug-likeness (QED) is 0.873. The molecule has 21 heavy (non-hydrogen) atoms. The minimum Gasteiger partial charge on any atom is -0.389 e. The molecular weight excluding hydrogens is 332 g/mol. The number of carbonyl (C=O) groups excluding carboxylic acids is 1. The van der Waals surface area contributed by atoms with Crippen LogP contribution in [0.25, 0.3) is 0 Å². The van der Waals surface area contributed by atoms with E-state index in [2.05, 4.69) is 21.2 Å². The first-order valence-corrected chi connectivity index (χ1v) is 7.49. The molecule has 2 aromatic rings. The zero-order valence-corrected chi connectivity index (χ0v) is 13.1. The molecule has 0 bridgehead atoms. The van der Waals surface area contributed by atoms with Crippen molar-refractivity contribution >= 4 is 38.9 Å². The van der Waals surface area contributed by atoms with Gasteiger partial charge in [0.15, 0.2) is 0 Å². The molecule has 1 amide bonds. The summed E-state index contributed by atoms with van der Waals surface area (Å²) in [5, 5.41) is 12.9. The number of halogens is 1. The first-order valence-electron chi connectivity index (χ1n) is 6.70. The van der Waals surface area contributed by atoms with Gasteiger partial charge in [-0.05, 0) is 37.3 Å². The van der Waals surface area contributed by atoms with Gasteiger partial charge in [-0.2, -0.15) is 0 Å². The lowest BCUT2D eigenvalue weighted by molar-refractivity contribution is -0.115. The zero-order valence-electron chi connectivity index (χ0n) is 11.5. The molecule has 108 valence electrons. The third kappa shape index (κ3) is 2.66. The highest BCUT2D eigenvalue weighted by Crippen LogP contribution is 2.38. The number of aliphatic hydroxyl groups excluding tert-OH is 1. The van der Waals surface area contributed by atoms with Gasteiger partial charge in [-0.15, -0.1) is 0 Å². The SMILES string of the molecule is CC(O)c1cc(Br)ccc1N1CC(=O)Nc2ccccc21. The van der Waals surface area contributed by atoms with E-state index in [0.29, 0.717) is 0 Å². The number of benzene rings is 2. The van der Waals surface area contributed by atoms with Crippen LogP contribution in [0.2, 0.25) is 0 Å².